The maximum atomic E-state index is 13.3. The Hall–Kier alpha value is -1.78. The van der Waals surface area contributed by atoms with Crippen molar-refractivity contribution in [2.75, 3.05) is 0 Å². The van der Waals surface area contributed by atoms with Crippen molar-refractivity contribution >= 4 is 11.8 Å². The molecule has 0 aliphatic rings. The van der Waals surface area contributed by atoms with Gasteiger partial charge < -0.3 is 5.11 Å². The monoisotopic (exact) mass is 242 g/mol. The van der Waals surface area contributed by atoms with Crippen molar-refractivity contribution < 1.29 is 23.5 Å². The third kappa shape index (κ3) is 3.09. The molecule has 1 rings (SSSR count). The molecular weight excluding hydrogens is 230 g/mol. The van der Waals surface area contributed by atoms with Crippen molar-refractivity contribution in [3.63, 3.8) is 0 Å². The number of Topliss-reactive ketones (excluding diaryl/α,β-unsaturated/α-hetero) is 1. The average molecular weight is 242 g/mol. The Balaban J connectivity index is 2.95. The Labute approximate surface area is 97.1 Å². The largest absolute Gasteiger partial charge is 0.481 e. The summed E-state index contributed by atoms with van der Waals surface area (Å²) in [6.07, 6.45) is -0.342. The van der Waals surface area contributed by atoms with Gasteiger partial charge in [-0.2, -0.15) is 0 Å². The van der Waals surface area contributed by atoms with Gasteiger partial charge in [0.15, 0.2) is 5.78 Å². The van der Waals surface area contributed by atoms with Gasteiger partial charge in [-0.15, -0.1) is 0 Å². The summed E-state index contributed by atoms with van der Waals surface area (Å²) >= 11 is 0. The predicted molar refractivity (Wildman–Crippen MR) is 56.7 cm³/mol. The number of hydrogen-bond donors (Lipinski definition) is 1. The van der Waals surface area contributed by atoms with Crippen molar-refractivity contribution in [2.24, 2.45) is 5.41 Å². The first kappa shape index (κ1) is 13.3. The number of carboxylic acid groups (broad SMARTS) is 1. The van der Waals surface area contributed by atoms with E-state index in [1.54, 1.807) is 0 Å². The zero-order chi connectivity index (χ0) is 13.2. The third-order valence-corrected chi connectivity index (χ3v) is 2.41. The van der Waals surface area contributed by atoms with Crippen molar-refractivity contribution in [1.82, 2.24) is 0 Å². The molecule has 1 aromatic carbocycles. The second kappa shape index (κ2) is 4.61. The lowest BCUT2D eigenvalue weighted by Gasteiger charge is -2.17. The molecule has 1 aromatic rings. The molecule has 0 heterocycles. The summed E-state index contributed by atoms with van der Waals surface area (Å²) in [4.78, 5) is 22.5. The molecular formula is C12H12F2O3. The zero-order valence-electron chi connectivity index (χ0n) is 9.46. The first-order chi connectivity index (χ1) is 7.74. The van der Waals surface area contributed by atoms with Crippen molar-refractivity contribution in [2.45, 2.75) is 20.3 Å². The second-order valence-electron chi connectivity index (χ2n) is 4.41. The highest BCUT2D eigenvalue weighted by Gasteiger charge is 2.31. The summed E-state index contributed by atoms with van der Waals surface area (Å²) in [6, 6.07) is 2.58. The molecule has 0 fully saturated rings. The van der Waals surface area contributed by atoms with Crippen LogP contribution < -0.4 is 0 Å². The van der Waals surface area contributed by atoms with E-state index in [2.05, 4.69) is 0 Å². The van der Waals surface area contributed by atoms with E-state index in [9.17, 15) is 18.4 Å². The molecule has 3 nitrogen and oxygen atoms in total. The molecule has 0 aliphatic carbocycles. The van der Waals surface area contributed by atoms with E-state index in [-0.39, 0.29) is 12.0 Å². The minimum Gasteiger partial charge on any atom is -0.481 e. The van der Waals surface area contributed by atoms with Crippen LogP contribution in [-0.4, -0.2) is 16.9 Å². The van der Waals surface area contributed by atoms with Gasteiger partial charge in [0, 0.05) is 12.5 Å². The lowest BCUT2D eigenvalue weighted by atomic mass is 9.85. The number of carbonyl (C=O) groups excluding carboxylic acids is 1. The van der Waals surface area contributed by atoms with E-state index in [0.29, 0.717) is 6.07 Å². The van der Waals surface area contributed by atoms with Gasteiger partial charge in [-0.05, 0) is 26.0 Å². The molecule has 0 saturated carbocycles. The molecule has 0 atom stereocenters. The summed E-state index contributed by atoms with van der Waals surface area (Å²) in [5, 5.41) is 8.84. The maximum Gasteiger partial charge on any atom is 0.309 e. The number of aliphatic carboxylic acids is 1. The van der Waals surface area contributed by atoms with Crippen LogP contribution in [0.15, 0.2) is 18.2 Å². The zero-order valence-corrected chi connectivity index (χ0v) is 9.46. The molecule has 5 heteroatoms. The average Bonchev–Trinajstić information content (AvgIpc) is 2.15. The van der Waals surface area contributed by atoms with Crippen LogP contribution in [0, 0.1) is 17.0 Å². The fourth-order valence-electron chi connectivity index (χ4n) is 1.29. The standard InChI is InChI=1S/C12H12F2O3/c1-12(2,11(16)17)6-10(15)8-4-3-7(13)5-9(8)14/h3-5H,6H2,1-2H3,(H,16,17). The smallest absolute Gasteiger partial charge is 0.309 e. The van der Waals surface area contributed by atoms with Gasteiger partial charge in [-0.25, -0.2) is 8.78 Å². The molecule has 0 radical (unpaired) electrons. The number of carboxylic acids is 1. The van der Waals surface area contributed by atoms with Gasteiger partial charge in [-0.1, -0.05) is 0 Å². The Morgan fingerprint density at radius 3 is 2.35 bits per heavy atom. The summed E-state index contributed by atoms with van der Waals surface area (Å²) in [7, 11) is 0. The first-order valence-corrected chi connectivity index (χ1v) is 4.95. The first-order valence-electron chi connectivity index (χ1n) is 4.95. The predicted octanol–water partition coefficient (Wildman–Crippen LogP) is 2.65. The van der Waals surface area contributed by atoms with E-state index in [1.807, 2.05) is 0 Å². The van der Waals surface area contributed by atoms with E-state index in [0.717, 1.165) is 12.1 Å². The second-order valence-corrected chi connectivity index (χ2v) is 4.41. The lowest BCUT2D eigenvalue weighted by molar-refractivity contribution is -0.146. The number of rotatable bonds is 4. The maximum absolute atomic E-state index is 13.3. The highest BCUT2D eigenvalue weighted by atomic mass is 19.1. The van der Waals surface area contributed by atoms with E-state index >= 15 is 0 Å². The Morgan fingerprint density at radius 1 is 1.29 bits per heavy atom. The molecule has 1 N–H and O–H groups in total. The molecule has 0 bridgehead atoms. The van der Waals surface area contributed by atoms with Crippen molar-refractivity contribution in [1.29, 1.82) is 0 Å². The highest BCUT2D eigenvalue weighted by Crippen LogP contribution is 2.24. The molecule has 0 saturated heterocycles. The summed E-state index contributed by atoms with van der Waals surface area (Å²) < 4.78 is 25.9. The summed E-state index contributed by atoms with van der Waals surface area (Å²) in [6.45, 7) is 2.74. The Kier molecular flexibility index (Phi) is 3.60. The van der Waals surface area contributed by atoms with Crippen LogP contribution in [0.4, 0.5) is 8.78 Å². The fourth-order valence-corrected chi connectivity index (χ4v) is 1.29. The number of halogens is 2. The van der Waals surface area contributed by atoms with Gasteiger partial charge in [-0.3, -0.25) is 9.59 Å². The van der Waals surface area contributed by atoms with E-state index in [4.69, 9.17) is 5.11 Å². The van der Waals surface area contributed by atoms with Crippen LogP contribution in [-0.2, 0) is 4.79 Å². The quantitative estimate of drug-likeness (QED) is 0.826. The van der Waals surface area contributed by atoms with Crippen LogP contribution in [0.5, 0.6) is 0 Å². The van der Waals surface area contributed by atoms with Crippen LogP contribution in [0.2, 0.25) is 0 Å². The van der Waals surface area contributed by atoms with Gasteiger partial charge in [0.1, 0.15) is 11.6 Å². The molecule has 0 spiro atoms. The van der Waals surface area contributed by atoms with Crippen LogP contribution in [0.3, 0.4) is 0 Å². The van der Waals surface area contributed by atoms with Crippen molar-refractivity contribution in [3.8, 4) is 0 Å². The van der Waals surface area contributed by atoms with Gasteiger partial charge in [0.05, 0.1) is 11.0 Å². The number of ketones is 1. The third-order valence-electron chi connectivity index (χ3n) is 2.41. The topological polar surface area (TPSA) is 54.4 Å². The normalized spacial score (nSPS) is 11.3. The number of carbonyl (C=O) groups is 2. The SMILES string of the molecule is CC(C)(CC(=O)c1ccc(F)cc1F)C(=O)O. The Bertz CT molecular complexity index is 467. The van der Waals surface area contributed by atoms with Crippen LogP contribution >= 0.6 is 0 Å². The minimum atomic E-state index is -1.28. The molecule has 92 valence electrons. The number of benzene rings is 1. The van der Waals surface area contributed by atoms with Crippen LogP contribution in [0.1, 0.15) is 30.6 Å². The molecule has 0 unspecified atom stereocenters. The molecule has 17 heavy (non-hydrogen) atoms. The molecule has 0 aliphatic heterocycles. The van der Waals surface area contributed by atoms with Crippen molar-refractivity contribution in [3.05, 3.63) is 35.4 Å². The van der Waals surface area contributed by atoms with Gasteiger partial charge >= 0.3 is 5.97 Å². The van der Waals surface area contributed by atoms with E-state index < -0.39 is 28.8 Å². The molecule has 0 aromatic heterocycles. The lowest BCUT2D eigenvalue weighted by Crippen LogP contribution is -2.27. The highest BCUT2D eigenvalue weighted by molar-refractivity contribution is 5.98. The number of hydrogen-bond acceptors (Lipinski definition) is 2. The summed E-state index contributed by atoms with van der Waals surface area (Å²) in [5.41, 5.74) is -1.57. The molecule has 0 amide bonds. The van der Waals surface area contributed by atoms with E-state index in [1.165, 1.54) is 13.8 Å². The Morgan fingerprint density at radius 2 is 1.88 bits per heavy atom. The van der Waals surface area contributed by atoms with Crippen LogP contribution in [0.25, 0.3) is 0 Å². The summed E-state index contributed by atoms with van der Waals surface area (Å²) in [5.74, 6) is -3.56. The minimum absolute atomic E-state index is 0.291. The van der Waals surface area contributed by atoms with Gasteiger partial charge in [0.25, 0.3) is 0 Å². The van der Waals surface area contributed by atoms with Gasteiger partial charge in [0.2, 0.25) is 0 Å². The fraction of sp³-hybridized carbons (Fsp3) is 0.333.